The Balaban J connectivity index is 1.67. The lowest BCUT2D eigenvalue weighted by Gasteiger charge is -2.21. The number of aromatic nitrogens is 2. The van der Waals surface area contributed by atoms with Gasteiger partial charge in [-0.05, 0) is 38.6 Å². The number of amides is 1. The van der Waals surface area contributed by atoms with Crippen LogP contribution in [0.4, 0.5) is 0 Å². The van der Waals surface area contributed by atoms with Gasteiger partial charge in [0.25, 0.3) is 0 Å². The zero-order valence-electron chi connectivity index (χ0n) is 11.4. The summed E-state index contributed by atoms with van der Waals surface area (Å²) in [5, 5.41) is 3.33. The van der Waals surface area contributed by atoms with Gasteiger partial charge < -0.3 is 14.8 Å². The van der Waals surface area contributed by atoms with Crippen LogP contribution in [0.25, 0.3) is 0 Å². The lowest BCUT2D eigenvalue weighted by Crippen LogP contribution is -2.36. The van der Waals surface area contributed by atoms with Crippen molar-refractivity contribution in [3.8, 4) is 0 Å². The molecule has 1 aliphatic heterocycles. The molecule has 0 radical (unpaired) electrons. The maximum absolute atomic E-state index is 12.4. The summed E-state index contributed by atoms with van der Waals surface area (Å²) in [6, 6.07) is 0. The Hall–Kier alpha value is -1.36. The van der Waals surface area contributed by atoms with Crippen LogP contribution in [0, 0.1) is 0 Å². The summed E-state index contributed by atoms with van der Waals surface area (Å²) in [5.41, 5.74) is 2.49. The summed E-state index contributed by atoms with van der Waals surface area (Å²) in [7, 11) is 0. The van der Waals surface area contributed by atoms with Crippen LogP contribution in [0.2, 0.25) is 0 Å². The van der Waals surface area contributed by atoms with Crippen molar-refractivity contribution in [1.82, 2.24) is 19.8 Å². The fourth-order valence-corrected chi connectivity index (χ4v) is 3.01. The summed E-state index contributed by atoms with van der Waals surface area (Å²) >= 11 is 0. The van der Waals surface area contributed by atoms with Gasteiger partial charge in [0.1, 0.15) is 6.54 Å². The molecule has 1 amide bonds. The number of carbonyl (C=O) groups is 1. The predicted molar refractivity (Wildman–Crippen MR) is 72.9 cm³/mol. The van der Waals surface area contributed by atoms with Crippen molar-refractivity contribution in [3.05, 3.63) is 17.7 Å². The van der Waals surface area contributed by atoms with E-state index in [0.29, 0.717) is 6.54 Å². The molecule has 104 valence electrons. The van der Waals surface area contributed by atoms with Gasteiger partial charge in [-0.1, -0.05) is 0 Å². The van der Waals surface area contributed by atoms with Crippen molar-refractivity contribution < 1.29 is 4.79 Å². The molecule has 3 rings (SSSR count). The predicted octanol–water partition coefficient (Wildman–Crippen LogP) is 0.584. The van der Waals surface area contributed by atoms with E-state index < -0.39 is 0 Å². The minimum atomic E-state index is 0.231. The Bertz CT molecular complexity index is 446. The van der Waals surface area contributed by atoms with Crippen LogP contribution in [0.1, 0.15) is 30.7 Å². The molecule has 0 unspecified atom stereocenters. The van der Waals surface area contributed by atoms with Crippen molar-refractivity contribution >= 4 is 5.91 Å². The van der Waals surface area contributed by atoms with E-state index in [9.17, 15) is 4.79 Å². The average molecular weight is 262 g/mol. The molecule has 19 heavy (non-hydrogen) atoms. The SMILES string of the molecule is O=C(Cn1cnc2c1CCCC2)N1CCCNCC1. The molecule has 0 atom stereocenters. The molecule has 2 aliphatic rings. The third kappa shape index (κ3) is 2.81. The van der Waals surface area contributed by atoms with Crippen LogP contribution >= 0.6 is 0 Å². The molecule has 2 heterocycles. The second kappa shape index (κ2) is 5.74. The van der Waals surface area contributed by atoms with Gasteiger partial charge in [-0.25, -0.2) is 4.98 Å². The number of imidazole rings is 1. The lowest BCUT2D eigenvalue weighted by molar-refractivity contribution is -0.131. The van der Waals surface area contributed by atoms with Crippen LogP contribution in [0.5, 0.6) is 0 Å². The molecular weight excluding hydrogens is 240 g/mol. The first-order valence-electron chi connectivity index (χ1n) is 7.36. The zero-order chi connectivity index (χ0) is 13.1. The number of aryl methyl sites for hydroxylation is 1. The van der Waals surface area contributed by atoms with Crippen molar-refractivity contribution in [2.45, 2.75) is 38.6 Å². The fourth-order valence-electron chi connectivity index (χ4n) is 3.01. The summed E-state index contributed by atoms with van der Waals surface area (Å²) in [4.78, 5) is 18.8. The van der Waals surface area contributed by atoms with E-state index in [2.05, 4.69) is 14.9 Å². The second-order valence-corrected chi connectivity index (χ2v) is 5.46. The molecule has 5 heteroatoms. The molecule has 0 spiro atoms. The fraction of sp³-hybridized carbons (Fsp3) is 0.714. The van der Waals surface area contributed by atoms with Crippen molar-refractivity contribution in [2.24, 2.45) is 0 Å². The number of nitrogens with zero attached hydrogens (tertiary/aromatic N) is 3. The number of hydrogen-bond donors (Lipinski definition) is 1. The van der Waals surface area contributed by atoms with Crippen molar-refractivity contribution in [1.29, 1.82) is 0 Å². The third-order valence-corrected chi connectivity index (χ3v) is 4.11. The molecule has 0 bridgehead atoms. The van der Waals surface area contributed by atoms with Gasteiger partial charge in [0.15, 0.2) is 0 Å². The molecule has 1 N–H and O–H groups in total. The topological polar surface area (TPSA) is 50.2 Å². The van der Waals surface area contributed by atoms with Gasteiger partial charge in [-0.3, -0.25) is 4.79 Å². The molecule has 0 aromatic carbocycles. The van der Waals surface area contributed by atoms with E-state index in [4.69, 9.17) is 0 Å². The number of fused-ring (bicyclic) bond motifs is 1. The maximum atomic E-state index is 12.4. The average Bonchev–Trinajstić information content (AvgIpc) is 2.66. The Morgan fingerprint density at radius 3 is 3.05 bits per heavy atom. The standard InChI is InChI=1S/C14H22N4O/c19-14(17-8-3-6-15-7-9-17)10-18-11-16-12-4-1-2-5-13(12)18/h11,15H,1-10H2. The Labute approximate surface area is 114 Å². The van der Waals surface area contributed by atoms with Gasteiger partial charge in [-0.15, -0.1) is 0 Å². The first-order valence-corrected chi connectivity index (χ1v) is 7.36. The van der Waals surface area contributed by atoms with E-state index in [1.807, 2.05) is 11.2 Å². The van der Waals surface area contributed by atoms with Gasteiger partial charge in [0, 0.05) is 25.3 Å². The van der Waals surface area contributed by atoms with E-state index in [0.717, 1.165) is 45.4 Å². The minimum absolute atomic E-state index is 0.231. The molecular formula is C14H22N4O. The van der Waals surface area contributed by atoms with Crippen molar-refractivity contribution in [2.75, 3.05) is 26.2 Å². The molecule has 0 saturated carbocycles. The van der Waals surface area contributed by atoms with Gasteiger partial charge >= 0.3 is 0 Å². The van der Waals surface area contributed by atoms with Gasteiger partial charge in [-0.2, -0.15) is 0 Å². The quantitative estimate of drug-likeness (QED) is 0.848. The number of rotatable bonds is 2. The number of nitrogens with one attached hydrogen (secondary N) is 1. The lowest BCUT2D eigenvalue weighted by atomic mass is 10.0. The van der Waals surface area contributed by atoms with Crippen LogP contribution in [0.3, 0.4) is 0 Å². The summed E-state index contributed by atoms with van der Waals surface area (Å²) < 4.78 is 2.06. The second-order valence-electron chi connectivity index (χ2n) is 5.46. The van der Waals surface area contributed by atoms with E-state index in [1.165, 1.54) is 24.2 Å². The highest BCUT2D eigenvalue weighted by Crippen LogP contribution is 2.19. The normalized spacial score (nSPS) is 19.9. The molecule has 1 aromatic rings. The zero-order valence-corrected chi connectivity index (χ0v) is 11.4. The highest BCUT2D eigenvalue weighted by atomic mass is 16.2. The Morgan fingerprint density at radius 1 is 1.21 bits per heavy atom. The molecule has 1 saturated heterocycles. The molecule has 1 aliphatic carbocycles. The first-order chi connectivity index (χ1) is 9.34. The number of hydrogen-bond acceptors (Lipinski definition) is 3. The largest absolute Gasteiger partial charge is 0.340 e. The van der Waals surface area contributed by atoms with Gasteiger partial charge in [0.2, 0.25) is 5.91 Å². The summed E-state index contributed by atoms with van der Waals surface area (Å²) in [5.74, 6) is 0.231. The third-order valence-electron chi connectivity index (χ3n) is 4.11. The van der Waals surface area contributed by atoms with Crippen LogP contribution in [-0.4, -0.2) is 46.5 Å². The molecule has 1 aromatic heterocycles. The van der Waals surface area contributed by atoms with Crippen LogP contribution in [-0.2, 0) is 24.2 Å². The Morgan fingerprint density at radius 2 is 2.11 bits per heavy atom. The van der Waals surface area contributed by atoms with Gasteiger partial charge in [0.05, 0.1) is 12.0 Å². The van der Waals surface area contributed by atoms with E-state index in [-0.39, 0.29) is 5.91 Å². The maximum Gasteiger partial charge on any atom is 0.242 e. The van der Waals surface area contributed by atoms with Crippen LogP contribution in [0.15, 0.2) is 6.33 Å². The molecule has 5 nitrogen and oxygen atoms in total. The van der Waals surface area contributed by atoms with Crippen molar-refractivity contribution in [3.63, 3.8) is 0 Å². The first kappa shape index (κ1) is 12.7. The number of carbonyl (C=O) groups excluding carboxylic acids is 1. The summed E-state index contributed by atoms with van der Waals surface area (Å²) in [6.07, 6.45) is 7.50. The Kier molecular flexibility index (Phi) is 3.82. The van der Waals surface area contributed by atoms with Crippen LogP contribution < -0.4 is 5.32 Å². The summed E-state index contributed by atoms with van der Waals surface area (Å²) in [6.45, 7) is 4.10. The smallest absolute Gasteiger partial charge is 0.242 e. The minimum Gasteiger partial charge on any atom is -0.340 e. The highest BCUT2D eigenvalue weighted by molar-refractivity contribution is 5.76. The van der Waals surface area contributed by atoms with E-state index in [1.54, 1.807) is 0 Å². The van der Waals surface area contributed by atoms with E-state index >= 15 is 0 Å². The highest BCUT2D eigenvalue weighted by Gasteiger charge is 2.19. The molecule has 1 fully saturated rings. The monoisotopic (exact) mass is 262 g/mol.